The molecule has 19 heteroatoms. The molecule has 0 aromatic rings. The highest BCUT2D eigenvalue weighted by atomic mass is 16.8. The Hall–Kier alpha value is -2.51. The van der Waals surface area contributed by atoms with Crippen LogP contribution < -0.4 is 5.32 Å². The molecule has 3 saturated heterocycles. The molecule has 578 valence electrons. The van der Waals surface area contributed by atoms with Crippen LogP contribution >= 0.6 is 0 Å². The van der Waals surface area contributed by atoms with Crippen molar-refractivity contribution >= 4 is 5.91 Å². The fourth-order valence-corrected chi connectivity index (χ4v) is 13.3. The summed E-state index contributed by atoms with van der Waals surface area (Å²) in [7, 11) is 0. The van der Waals surface area contributed by atoms with Crippen LogP contribution in [0.2, 0.25) is 0 Å². The van der Waals surface area contributed by atoms with Crippen molar-refractivity contribution in [2.24, 2.45) is 0 Å². The maximum Gasteiger partial charge on any atom is 0.220 e. The van der Waals surface area contributed by atoms with Crippen LogP contribution in [0.25, 0.3) is 0 Å². The molecule has 1 amide bonds. The molecule has 3 aliphatic rings. The third-order valence-electron chi connectivity index (χ3n) is 19.8. The van der Waals surface area contributed by atoms with Crippen molar-refractivity contribution in [3.8, 4) is 0 Å². The summed E-state index contributed by atoms with van der Waals surface area (Å²) in [6.45, 7) is 1.73. The fraction of sp³-hybridized carbons (Fsp3) is 0.863. The van der Waals surface area contributed by atoms with Gasteiger partial charge in [-0.1, -0.05) is 293 Å². The van der Waals surface area contributed by atoms with Crippen LogP contribution in [-0.4, -0.2) is 193 Å². The van der Waals surface area contributed by atoms with Gasteiger partial charge in [-0.3, -0.25) is 4.79 Å². The second-order valence-corrected chi connectivity index (χ2v) is 28.5. The number of carbonyl (C=O) groups excluding carboxylic acids is 1. The fourth-order valence-electron chi connectivity index (χ4n) is 13.3. The number of hydrogen-bond donors (Lipinski definition) is 12. The number of aliphatic hydroxyl groups excluding tert-OH is 11. The predicted octanol–water partition coefficient (Wildman–Crippen LogP) is 13.1. The van der Waals surface area contributed by atoms with Crippen LogP contribution in [0.4, 0.5) is 0 Å². The lowest BCUT2D eigenvalue weighted by Crippen LogP contribution is -2.66. The van der Waals surface area contributed by atoms with Crippen molar-refractivity contribution in [3.63, 3.8) is 0 Å². The summed E-state index contributed by atoms with van der Waals surface area (Å²) in [6.07, 6.45) is 50.8. The van der Waals surface area contributed by atoms with E-state index in [1.54, 1.807) is 6.08 Å². The average Bonchev–Trinajstić information content (AvgIpc) is 0.786. The molecule has 3 fully saturated rings. The predicted molar refractivity (Wildman–Crippen MR) is 392 cm³/mol. The van der Waals surface area contributed by atoms with Gasteiger partial charge in [0.15, 0.2) is 18.9 Å². The number of aliphatic hydroxyl groups is 11. The molecule has 3 aliphatic heterocycles. The summed E-state index contributed by atoms with van der Waals surface area (Å²) >= 11 is 0. The van der Waals surface area contributed by atoms with E-state index in [1.165, 1.54) is 225 Å². The highest BCUT2D eigenvalue weighted by molar-refractivity contribution is 5.76. The molecule has 3 rings (SSSR count). The van der Waals surface area contributed by atoms with Gasteiger partial charge in [0.25, 0.3) is 0 Å². The summed E-state index contributed by atoms with van der Waals surface area (Å²) < 4.78 is 34.4. The number of amides is 1. The topological polar surface area (TPSA) is 307 Å². The molecule has 99 heavy (non-hydrogen) atoms. The molecule has 0 aliphatic carbocycles. The van der Waals surface area contributed by atoms with Gasteiger partial charge in [0, 0.05) is 6.42 Å². The van der Waals surface area contributed by atoms with Crippen LogP contribution in [0.1, 0.15) is 309 Å². The third kappa shape index (κ3) is 41.1. The number of nitrogens with one attached hydrogen (secondary N) is 1. The number of rotatable bonds is 63. The van der Waals surface area contributed by atoms with Gasteiger partial charge in [-0.2, -0.15) is 0 Å². The molecule has 17 unspecified atom stereocenters. The van der Waals surface area contributed by atoms with Crippen molar-refractivity contribution < 1.29 is 89.4 Å². The lowest BCUT2D eigenvalue weighted by molar-refractivity contribution is -0.379. The van der Waals surface area contributed by atoms with Gasteiger partial charge >= 0.3 is 0 Å². The monoisotopic (exact) mass is 1410 g/mol. The molecule has 19 nitrogen and oxygen atoms in total. The van der Waals surface area contributed by atoms with Crippen molar-refractivity contribution in [3.05, 3.63) is 60.8 Å². The van der Waals surface area contributed by atoms with Crippen molar-refractivity contribution in [2.75, 3.05) is 26.4 Å². The van der Waals surface area contributed by atoms with Crippen LogP contribution in [-0.2, 0) is 33.2 Å². The van der Waals surface area contributed by atoms with E-state index in [0.717, 1.165) is 51.4 Å². The lowest BCUT2D eigenvalue weighted by atomic mass is 9.96. The Bertz CT molecular complexity index is 2020. The Morgan fingerprint density at radius 1 is 0.364 bits per heavy atom. The molecular formula is C80H145NO18. The van der Waals surface area contributed by atoms with Gasteiger partial charge in [-0.15, -0.1) is 0 Å². The summed E-state index contributed by atoms with van der Waals surface area (Å²) in [6, 6.07) is -0.991. The summed E-state index contributed by atoms with van der Waals surface area (Å²) in [5.74, 6) is -0.282. The first-order chi connectivity index (χ1) is 48.3. The zero-order valence-corrected chi connectivity index (χ0v) is 61.7. The smallest absolute Gasteiger partial charge is 0.220 e. The minimum Gasteiger partial charge on any atom is -0.394 e. The van der Waals surface area contributed by atoms with Gasteiger partial charge in [0.1, 0.15) is 73.2 Å². The van der Waals surface area contributed by atoms with Gasteiger partial charge in [-0.25, -0.2) is 0 Å². The van der Waals surface area contributed by atoms with Gasteiger partial charge in [0.2, 0.25) is 5.91 Å². The van der Waals surface area contributed by atoms with Crippen LogP contribution in [0, 0.1) is 0 Å². The van der Waals surface area contributed by atoms with Crippen LogP contribution in [0.5, 0.6) is 0 Å². The number of carbonyl (C=O) groups is 1. The van der Waals surface area contributed by atoms with Crippen molar-refractivity contribution in [2.45, 2.75) is 413 Å². The van der Waals surface area contributed by atoms with E-state index in [-0.39, 0.29) is 18.9 Å². The highest BCUT2D eigenvalue weighted by Crippen LogP contribution is 2.33. The molecule has 3 heterocycles. The first-order valence-electron chi connectivity index (χ1n) is 40.0. The van der Waals surface area contributed by atoms with E-state index in [1.807, 2.05) is 6.08 Å². The first-order valence-corrected chi connectivity index (χ1v) is 40.0. The SMILES string of the molecule is CCCCCCC/C=C\C/C=C\C/C=C\CCCCCCCCCCCCCCCCCCCCCCCCC(=O)NC(COC1OC(CO)C(OC2OC(CO)C(OC3OC(CO)C(O)C(O)C3O)C(O)C2O)C(O)C1O)C(O)/C=C/CC/C=C/CCCCCCCCCCCCC. The zero-order valence-electron chi connectivity index (χ0n) is 61.7. The Morgan fingerprint density at radius 2 is 0.677 bits per heavy atom. The van der Waals surface area contributed by atoms with Gasteiger partial charge < -0.3 is 89.9 Å². The second-order valence-electron chi connectivity index (χ2n) is 28.5. The number of unbranched alkanes of at least 4 members (excludes halogenated alkanes) is 39. The van der Waals surface area contributed by atoms with E-state index in [2.05, 4.69) is 67.8 Å². The largest absolute Gasteiger partial charge is 0.394 e. The summed E-state index contributed by atoms with van der Waals surface area (Å²) in [4.78, 5) is 13.4. The normalized spacial score (nSPS) is 26.9. The number of allylic oxidation sites excluding steroid dienone is 9. The van der Waals surface area contributed by atoms with E-state index in [9.17, 15) is 61.0 Å². The maximum atomic E-state index is 13.4. The number of ether oxygens (including phenoxy) is 6. The van der Waals surface area contributed by atoms with Crippen molar-refractivity contribution in [1.82, 2.24) is 5.32 Å². The molecule has 0 radical (unpaired) electrons. The minimum absolute atomic E-state index is 0.237. The average molecular weight is 1410 g/mol. The van der Waals surface area contributed by atoms with Crippen molar-refractivity contribution in [1.29, 1.82) is 0 Å². The Kier molecular flexibility index (Phi) is 55.6. The summed E-state index contributed by atoms with van der Waals surface area (Å²) in [5, 5.41) is 121. The lowest BCUT2D eigenvalue weighted by Gasteiger charge is -2.48. The maximum absolute atomic E-state index is 13.4. The van der Waals surface area contributed by atoms with E-state index < -0.39 is 124 Å². The van der Waals surface area contributed by atoms with Gasteiger partial charge in [-0.05, 0) is 70.6 Å². The van der Waals surface area contributed by atoms with E-state index >= 15 is 0 Å². The quantitative estimate of drug-likeness (QED) is 0.0199. The van der Waals surface area contributed by atoms with Crippen LogP contribution in [0.3, 0.4) is 0 Å². The van der Waals surface area contributed by atoms with E-state index in [0.29, 0.717) is 12.8 Å². The van der Waals surface area contributed by atoms with Gasteiger partial charge in [0.05, 0.1) is 38.6 Å². The Labute approximate surface area is 598 Å². The first kappa shape index (κ1) is 90.7. The third-order valence-corrected chi connectivity index (χ3v) is 19.8. The Balaban J connectivity index is 1.33. The molecule has 0 aromatic heterocycles. The second kappa shape index (κ2) is 60.7. The van der Waals surface area contributed by atoms with Crippen LogP contribution in [0.15, 0.2) is 60.8 Å². The molecule has 12 N–H and O–H groups in total. The molecule has 17 atom stereocenters. The molecular weight excluding hydrogens is 1260 g/mol. The molecule has 0 bridgehead atoms. The molecule has 0 saturated carbocycles. The van der Waals surface area contributed by atoms with E-state index in [4.69, 9.17) is 28.4 Å². The summed E-state index contributed by atoms with van der Waals surface area (Å²) in [5.41, 5.74) is 0. The molecule has 0 spiro atoms. The minimum atomic E-state index is -1.98. The zero-order chi connectivity index (χ0) is 71.8. The Morgan fingerprint density at radius 3 is 1.08 bits per heavy atom. The number of hydrogen-bond acceptors (Lipinski definition) is 18. The molecule has 0 aromatic carbocycles. The highest BCUT2D eigenvalue weighted by Gasteiger charge is 2.54. The standard InChI is InChI=1S/C80H145NO18/c1-3-5-7-9-11-13-15-17-19-21-22-23-24-25-26-27-28-29-30-31-32-33-34-35-36-37-38-39-40-42-44-46-48-50-52-54-56-58-68(86)81-63(64(85)57-55-53-51-49-47-45-43-41-20-18-16-14-12-10-8-6-4-2)62-94-78-74(92)71(89)76(66(60-83)96-78)99-80-75(93)72(90)77(67(61-84)97-80)98-79-73(91)70(88)69(87)65(59-82)95-79/h15,17,21-22,24-25,47,49,55,57,63-67,69-80,82-85,87-93H,3-14,16,18-20,23,26-46,48,50-54,56,58-62H2,1-2H3,(H,81,86)/b17-15-,22-21-,25-24-,49-47+,57-55+.